The molecule has 1 aliphatic rings. The smallest absolute Gasteiger partial charge is 0.126 e. The molecule has 0 unspecified atom stereocenters. The maximum atomic E-state index is 13.7. The molecule has 0 bridgehead atoms. The minimum atomic E-state index is -0.0826. The first kappa shape index (κ1) is 13.0. The number of aryl methyl sites for hydroxylation is 1. The number of rotatable bonds is 3. The summed E-state index contributed by atoms with van der Waals surface area (Å²) in [6, 6.07) is 3.52. The number of halogens is 2. The van der Waals surface area contributed by atoms with E-state index in [1.165, 1.54) is 0 Å². The number of hydrogen-bond acceptors (Lipinski definition) is 2. The van der Waals surface area contributed by atoms with Crippen LogP contribution in [0.25, 0.3) is 0 Å². The van der Waals surface area contributed by atoms with Gasteiger partial charge in [0.05, 0.1) is 0 Å². The Hall–Kier alpha value is -0.450. The van der Waals surface area contributed by atoms with Crippen molar-refractivity contribution >= 4 is 15.9 Å². The fraction of sp³-hybridized carbons (Fsp3) is 0.538. The van der Waals surface area contributed by atoms with E-state index in [0.29, 0.717) is 0 Å². The van der Waals surface area contributed by atoms with Crippen molar-refractivity contribution in [1.29, 1.82) is 0 Å². The normalized spacial score (nSPS) is 17.4. The zero-order chi connectivity index (χ0) is 12.3. The van der Waals surface area contributed by atoms with Gasteiger partial charge in [0.25, 0.3) is 0 Å². The lowest BCUT2D eigenvalue weighted by Gasteiger charge is -2.27. The molecule has 1 aromatic rings. The molecular formula is C13H18BrFN2. The van der Waals surface area contributed by atoms with Crippen LogP contribution in [0.15, 0.2) is 16.6 Å². The minimum Gasteiger partial charge on any atom is -0.314 e. The van der Waals surface area contributed by atoms with E-state index in [9.17, 15) is 4.39 Å². The van der Waals surface area contributed by atoms with E-state index in [1.54, 1.807) is 6.07 Å². The van der Waals surface area contributed by atoms with Crippen molar-refractivity contribution in [3.63, 3.8) is 0 Å². The molecule has 4 heteroatoms. The summed E-state index contributed by atoms with van der Waals surface area (Å²) in [6.45, 7) is 7.06. The van der Waals surface area contributed by atoms with Gasteiger partial charge in [-0.2, -0.15) is 0 Å². The molecule has 2 nitrogen and oxygen atoms in total. The van der Waals surface area contributed by atoms with E-state index in [1.807, 2.05) is 13.0 Å². The minimum absolute atomic E-state index is 0.0826. The van der Waals surface area contributed by atoms with Crippen LogP contribution in [0.3, 0.4) is 0 Å². The molecule has 0 radical (unpaired) electrons. The van der Waals surface area contributed by atoms with Crippen molar-refractivity contribution < 1.29 is 4.39 Å². The summed E-state index contributed by atoms with van der Waals surface area (Å²) in [7, 11) is 0. The Balaban J connectivity index is 1.96. The predicted octanol–water partition coefficient (Wildman–Crippen LogP) is 2.34. The molecule has 0 spiro atoms. The van der Waals surface area contributed by atoms with Crippen LogP contribution in [0.4, 0.5) is 4.39 Å². The molecule has 1 aliphatic heterocycles. The van der Waals surface area contributed by atoms with Crippen LogP contribution in [-0.2, 0) is 6.42 Å². The number of nitrogens with one attached hydrogen (secondary N) is 1. The Morgan fingerprint density at radius 1 is 1.35 bits per heavy atom. The first-order valence-corrected chi connectivity index (χ1v) is 6.84. The average Bonchev–Trinajstić information content (AvgIpc) is 2.33. The van der Waals surface area contributed by atoms with Gasteiger partial charge in [0.2, 0.25) is 0 Å². The van der Waals surface area contributed by atoms with Crippen molar-refractivity contribution in [2.75, 3.05) is 32.7 Å². The Morgan fingerprint density at radius 2 is 2.06 bits per heavy atom. The fourth-order valence-electron chi connectivity index (χ4n) is 2.09. The summed E-state index contributed by atoms with van der Waals surface area (Å²) in [6.07, 6.45) is 0.782. The summed E-state index contributed by atoms with van der Waals surface area (Å²) in [4.78, 5) is 2.38. The Labute approximate surface area is 110 Å². The van der Waals surface area contributed by atoms with Gasteiger partial charge in [-0.1, -0.05) is 15.9 Å². The Kier molecular flexibility index (Phi) is 4.54. The van der Waals surface area contributed by atoms with E-state index >= 15 is 0 Å². The average molecular weight is 301 g/mol. The fourth-order valence-corrected chi connectivity index (χ4v) is 2.48. The topological polar surface area (TPSA) is 15.3 Å². The summed E-state index contributed by atoms with van der Waals surface area (Å²) in [5.74, 6) is -0.0826. The van der Waals surface area contributed by atoms with E-state index in [4.69, 9.17) is 0 Å². The highest BCUT2D eigenvalue weighted by atomic mass is 79.9. The molecule has 0 saturated carbocycles. The van der Waals surface area contributed by atoms with E-state index < -0.39 is 0 Å². The second kappa shape index (κ2) is 5.94. The molecule has 0 aromatic heterocycles. The molecule has 0 atom stereocenters. The van der Waals surface area contributed by atoms with Crippen molar-refractivity contribution in [2.24, 2.45) is 0 Å². The first-order chi connectivity index (χ1) is 8.16. The molecule has 1 N–H and O–H groups in total. The molecule has 94 valence electrons. The highest BCUT2D eigenvalue weighted by molar-refractivity contribution is 9.10. The van der Waals surface area contributed by atoms with Crippen LogP contribution in [-0.4, -0.2) is 37.6 Å². The van der Waals surface area contributed by atoms with Gasteiger partial charge >= 0.3 is 0 Å². The monoisotopic (exact) mass is 300 g/mol. The second-order valence-corrected chi connectivity index (χ2v) is 5.39. The van der Waals surface area contributed by atoms with Gasteiger partial charge in [0.15, 0.2) is 0 Å². The Morgan fingerprint density at radius 3 is 2.76 bits per heavy atom. The lowest BCUT2D eigenvalue weighted by Crippen LogP contribution is -2.44. The highest BCUT2D eigenvalue weighted by Gasteiger charge is 2.11. The van der Waals surface area contributed by atoms with Gasteiger partial charge in [-0.05, 0) is 36.6 Å². The molecule has 1 fully saturated rings. The summed E-state index contributed by atoms with van der Waals surface area (Å²) < 4.78 is 14.7. The third-order valence-electron chi connectivity index (χ3n) is 3.23. The first-order valence-electron chi connectivity index (χ1n) is 6.04. The van der Waals surface area contributed by atoms with Gasteiger partial charge < -0.3 is 10.2 Å². The highest BCUT2D eigenvalue weighted by Crippen LogP contribution is 2.21. The summed E-state index contributed by atoms with van der Waals surface area (Å²) in [5, 5.41) is 3.32. The SMILES string of the molecule is Cc1cc(F)c(CCN2CCNCC2)cc1Br. The van der Waals surface area contributed by atoms with Crippen molar-refractivity contribution in [1.82, 2.24) is 10.2 Å². The van der Waals surface area contributed by atoms with Crippen molar-refractivity contribution in [2.45, 2.75) is 13.3 Å². The Bertz CT molecular complexity index is 389. The number of nitrogens with zero attached hydrogens (tertiary/aromatic N) is 1. The van der Waals surface area contributed by atoms with Crippen LogP contribution in [0.1, 0.15) is 11.1 Å². The van der Waals surface area contributed by atoms with Gasteiger partial charge in [-0.15, -0.1) is 0 Å². The van der Waals surface area contributed by atoms with Crippen LogP contribution in [0, 0.1) is 12.7 Å². The van der Waals surface area contributed by atoms with Crippen molar-refractivity contribution in [3.8, 4) is 0 Å². The summed E-state index contributed by atoms with van der Waals surface area (Å²) in [5.41, 5.74) is 1.76. The van der Waals surface area contributed by atoms with E-state index in [0.717, 1.165) is 54.7 Å². The lowest BCUT2D eigenvalue weighted by molar-refractivity contribution is 0.243. The predicted molar refractivity (Wildman–Crippen MR) is 71.9 cm³/mol. The number of hydrogen-bond donors (Lipinski definition) is 1. The van der Waals surface area contributed by atoms with Gasteiger partial charge in [-0.3, -0.25) is 0 Å². The quantitative estimate of drug-likeness (QED) is 0.922. The number of benzene rings is 1. The number of piperazine rings is 1. The van der Waals surface area contributed by atoms with E-state index in [2.05, 4.69) is 26.1 Å². The molecular weight excluding hydrogens is 283 g/mol. The molecule has 1 heterocycles. The van der Waals surface area contributed by atoms with E-state index in [-0.39, 0.29) is 5.82 Å². The molecule has 1 aromatic carbocycles. The molecule has 1 saturated heterocycles. The maximum Gasteiger partial charge on any atom is 0.126 e. The van der Waals surface area contributed by atoms with Gasteiger partial charge in [0, 0.05) is 37.2 Å². The lowest BCUT2D eigenvalue weighted by atomic mass is 10.1. The zero-order valence-electron chi connectivity index (χ0n) is 10.1. The largest absolute Gasteiger partial charge is 0.314 e. The van der Waals surface area contributed by atoms with Gasteiger partial charge in [-0.25, -0.2) is 4.39 Å². The molecule has 0 aliphatic carbocycles. The maximum absolute atomic E-state index is 13.7. The third kappa shape index (κ3) is 3.50. The van der Waals surface area contributed by atoms with Crippen LogP contribution in [0.5, 0.6) is 0 Å². The van der Waals surface area contributed by atoms with Crippen molar-refractivity contribution in [3.05, 3.63) is 33.5 Å². The standard InChI is InChI=1S/C13H18BrFN2/c1-10-8-13(15)11(9-12(10)14)2-5-17-6-3-16-4-7-17/h8-9,16H,2-7H2,1H3. The van der Waals surface area contributed by atoms with Gasteiger partial charge in [0.1, 0.15) is 5.82 Å². The molecule has 2 rings (SSSR count). The zero-order valence-corrected chi connectivity index (χ0v) is 11.7. The van der Waals surface area contributed by atoms with Crippen LogP contribution < -0.4 is 5.32 Å². The molecule has 0 amide bonds. The van der Waals surface area contributed by atoms with Crippen LogP contribution >= 0.6 is 15.9 Å². The third-order valence-corrected chi connectivity index (χ3v) is 4.09. The van der Waals surface area contributed by atoms with Crippen LogP contribution in [0.2, 0.25) is 0 Å². The summed E-state index contributed by atoms with van der Waals surface area (Å²) >= 11 is 3.46. The second-order valence-electron chi connectivity index (χ2n) is 4.53. The molecule has 17 heavy (non-hydrogen) atoms.